The molecule has 0 saturated heterocycles. The van der Waals surface area contributed by atoms with Crippen molar-refractivity contribution in [1.29, 1.82) is 0 Å². The Labute approximate surface area is 87.8 Å². The van der Waals surface area contributed by atoms with Crippen LogP contribution in [0.1, 0.15) is 5.56 Å². The highest BCUT2D eigenvalue weighted by Crippen LogP contribution is 2.24. The van der Waals surface area contributed by atoms with E-state index in [1.54, 1.807) is 37.3 Å². The molecule has 2 aromatic carbocycles. The second-order valence-corrected chi connectivity index (χ2v) is 3.51. The van der Waals surface area contributed by atoms with Crippen LogP contribution in [-0.2, 0) is 0 Å². The van der Waals surface area contributed by atoms with E-state index in [1.807, 2.05) is 6.07 Å². The monoisotopic (exact) mass is 202 g/mol. The molecule has 0 aliphatic carbocycles. The zero-order chi connectivity index (χ0) is 10.8. The number of aryl methyl sites for hydroxylation is 1. The minimum Gasteiger partial charge on any atom is -0.508 e. The lowest BCUT2D eigenvalue weighted by molar-refractivity contribution is 0.475. The molecule has 2 heteroatoms. The lowest BCUT2D eigenvalue weighted by Gasteiger charge is -2.04. The van der Waals surface area contributed by atoms with E-state index >= 15 is 0 Å². The van der Waals surface area contributed by atoms with Crippen LogP contribution < -0.4 is 0 Å². The van der Waals surface area contributed by atoms with Crippen LogP contribution in [0.2, 0.25) is 0 Å². The molecule has 0 heterocycles. The molecular weight excluding hydrogens is 191 g/mol. The van der Waals surface area contributed by atoms with E-state index in [4.69, 9.17) is 0 Å². The number of hydrogen-bond acceptors (Lipinski definition) is 1. The summed E-state index contributed by atoms with van der Waals surface area (Å²) in [5, 5.41) is 9.32. The van der Waals surface area contributed by atoms with Crippen molar-refractivity contribution >= 4 is 0 Å². The standard InChI is InChI=1S/C13H11FO/c1-9-7-11(5-6-13(9)14)10-3-2-4-12(15)8-10/h2-8,15H,1H3. The molecule has 0 saturated carbocycles. The van der Waals surface area contributed by atoms with E-state index < -0.39 is 0 Å². The highest BCUT2D eigenvalue weighted by molar-refractivity contribution is 5.65. The largest absolute Gasteiger partial charge is 0.508 e. The maximum Gasteiger partial charge on any atom is 0.126 e. The third-order valence-electron chi connectivity index (χ3n) is 2.34. The van der Waals surface area contributed by atoms with Gasteiger partial charge in [-0.15, -0.1) is 0 Å². The van der Waals surface area contributed by atoms with Gasteiger partial charge in [0, 0.05) is 0 Å². The van der Waals surface area contributed by atoms with Gasteiger partial charge in [-0.2, -0.15) is 0 Å². The quantitative estimate of drug-likeness (QED) is 0.750. The van der Waals surface area contributed by atoms with Crippen LogP contribution >= 0.6 is 0 Å². The fourth-order valence-electron chi connectivity index (χ4n) is 1.51. The summed E-state index contributed by atoms with van der Waals surface area (Å²) in [5.41, 5.74) is 2.40. The Morgan fingerprint density at radius 2 is 1.73 bits per heavy atom. The third kappa shape index (κ3) is 1.99. The molecule has 2 rings (SSSR count). The summed E-state index contributed by atoms with van der Waals surface area (Å²) in [6, 6.07) is 11.8. The Morgan fingerprint density at radius 3 is 2.40 bits per heavy atom. The molecule has 0 amide bonds. The number of phenols is 1. The topological polar surface area (TPSA) is 20.2 Å². The van der Waals surface area contributed by atoms with E-state index in [0.717, 1.165) is 11.1 Å². The summed E-state index contributed by atoms with van der Waals surface area (Å²) in [6.07, 6.45) is 0. The second-order valence-electron chi connectivity index (χ2n) is 3.51. The van der Waals surface area contributed by atoms with Crippen LogP contribution in [0.15, 0.2) is 42.5 Å². The average molecular weight is 202 g/mol. The van der Waals surface area contributed by atoms with E-state index in [-0.39, 0.29) is 11.6 Å². The molecule has 1 nitrogen and oxygen atoms in total. The lowest BCUT2D eigenvalue weighted by Crippen LogP contribution is -1.84. The Bertz CT molecular complexity index is 492. The first-order valence-corrected chi connectivity index (χ1v) is 4.72. The van der Waals surface area contributed by atoms with Gasteiger partial charge in [0.05, 0.1) is 0 Å². The molecule has 0 aromatic heterocycles. The van der Waals surface area contributed by atoms with E-state index in [0.29, 0.717) is 5.56 Å². The van der Waals surface area contributed by atoms with E-state index in [1.165, 1.54) is 6.07 Å². The molecular formula is C13H11FO. The average Bonchev–Trinajstić information content (AvgIpc) is 2.22. The van der Waals surface area contributed by atoms with Crippen molar-refractivity contribution in [2.75, 3.05) is 0 Å². The van der Waals surface area contributed by atoms with E-state index in [2.05, 4.69) is 0 Å². The molecule has 0 aliphatic heterocycles. The maximum absolute atomic E-state index is 13.0. The summed E-state index contributed by atoms with van der Waals surface area (Å²) >= 11 is 0. The zero-order valence-corrected chi connectivity index (χ0v) is 8.37. The van der Waals surface area contributed by atoms with Gasteiger partial charge in [-0.3, -0.25) is 0 Å². The molecule has 0 bridgehead atoms. The number of aromatic hydroxyl groups is 1. The molecule has 0 fully saturated rings. The fraction of sp³-hybridized carbons (Fsp3) is 0.0769. The summed E-state index contributed by atoms with van der Waals surface area (Å²) in [5.74, 6) is 0.00776. The van der Waals surface area contributed by atoms with Crippen LogP contribution in [0.5, 0.6) is 5.75 Å². The van der Waals surface area contributed by atoms with Crippen molar-refractivity contribution < 1.29 is 9.50 Å². The van der Waals surface area contributed by atoms with Crippen molar-refractivity contribution in [2.24, 2.45) is 0 Å². The van der Waals surface area contributed by atoms with Gasteiger partial charge in [0.1, 0.15) is 11.6 Å². The summed E-state index contributed by atoms with van der Waals surface area (Å²) in [6.45, 7) is 1.72. The molecule has 0 radical (unpaired) electrons. The maximum atomic E-state index is 13.0. The van der Waals surface area contributed by atoms with Crippen molar-refractivity contribution in [3.63, 3.8) is 0 Å². The van der Waals surface area contributed by atoms with Crippen molar-refractivity contribution in [3.05, 3.63) is 53.8 Å². The fourth-order valence-corrected chi connectivity index (χ4v) is 1.51. The van der Waals surface area contributed by atoms with Crippen LogP contribution in [0.4, 0.5) is 4.39 Å². The van der Waals surface area contributed by atoms with Gasteiger partial charge in [0.25, 0.3) is 0 Å². The SMILES string of the molecule is Cc1cc(-c2cccc(O)c2)ccc1F. The minimum absolute atomic E-state index is 0.209. The molecule has 0 unspecified atom stereocenters. The van der Waals surface area contributed by atoms with Crippen LogP contribution in [0.3, 0.4) is 0 Å². The first-order chi connectivity index (χ1) is 7.16. The van der Waals surface area contributed by atoms with Gasteiger partial charge in [-0.1, -0.05) is 18.2 Å². The van der Waals surface area contributed by atoms with Crippen LogP contribution in [-0.4, -0.2) is 5.11 Å². The molecule has 0 spiro atoms. The van der Waals surface area contributed by atoms with Crippen LogP contribution in [0, 0.1) is 12.7 Å². The highest BCUT2D eigenvalue weighted by atomic mass is 19.1. The van der Waals surface area contributed by atoms with E-state index in [9.17, 15) is 9.50 Å². The molecule has 2 aromatic rings. The molecule has 0 atom stereocenters. The summed E-state index contributed by atoms with van der Waals surface area (Å²) < 4.78 is 13.0. The Hall–Kier alpha value is -1.83. The number of phenolic OH excluding ortho intramolecular Hbond substituents is 1. The zero-order valence-electron chi connectivity index (χ0n) is 8.37. The summed E-state index contributed by atoms with van der Waals surface area (Å²) in [4.78, 5) is 0. The van der Waals surface area contributed by atoms with Crippen LogP contribution in [0.25, 0.3) is 11.1 Å². The lowest BCUT2D eigenvalue weighted by atomic mass is 10.0. The van der Waals surface area contributed by atoms with Gasteiger partial charge in [-0.05, 0) is 47.9 Å². The Kier molecular flexibility index (Phi) is 2.42. The van der Waals surface area contributed by atoms with Gasteiger partial charge < -0.3 is 5.11 Å². The molecule has 15 heavy (non-hydrogen) atoms. The number of halogens is 1. The number of hydrogen-bond donors (Lipinski definition) is 1. The molecule has 1 N–H and O–H groups in total. The Morgan fingerprint density at radius 1 is 1.00 bits per heavy atom. The summed E-state index contributed by atoms with van der Waals surface area (Å²) in [7, 11) is 0. The van der Waals surface area contributed by atoms with Gasteiger partial charge >= 0.3 is 0 Å². The van der Waals surface area contributed by atoms with Crippen molar-refractivity contribution in [1.82, 2.24) is 0 Å². The smallest absolute Gasteiger partial charge is 0.126 e. The minimum atomic E-state index is -0.209. The predicted molar refractivity (Wildman–Crippen MR) is 58.2 cm³/mol. The Balaban J connectivity index is 2.50. The highest BCUT2D eigenvalue weighted by Gasteiger charge is 2.01. The normalized spacial score (nSPS) is 10.3. The third-order valence-corrected chi connectivity index (χ3v) is 2.34. The first-order valence-electron chi connectivity index (χ1n) is 4.72. The van der Waals surface area contributed by atoms with Crippen molar-refractivity contribution in [3.8, 4) is 16.9 Å². The van der Waals surface area contributed by atoms with Gasteiger partial charge in [0.2, 0.25) is 0 Å². The second kappa shape index (κ2) is 3.73. The number of benzene rings is 2. The predicted octanol–water partition coefficient (Wildman–Crippen LogP) is 3.51. The van der Waals surface area contributed by atoms with Gasteiger partial charge in [-0.25, -0.2) is 4.39 Å². The molecule has 0 aliphatic rings. The first kappa shape index (κ1) is 9.71. The van der Waals surface area contributed by atoms with Crippen molar-refractivity contribution in [2.45, 2.75) is 6.92 Å². The number of rotatable bonds is 1. The molecule has 76 valence electrons. The van der Waals surface area contributed by atoms with Gasteiger partial charge in [0.15, 0.2) is 0 Å².